The number of hydrogen-bond donors (Lipinski definition) is 1. The van der Waals surface area contributed by atoms with Crippen molar-refractivity contribution >= 4 is 29.1 Å². The van der Waals surface area contributed by atoms with Crippen LogP contribution in [-0.4, -0.2) is 5.91 Å². The van der Waals surface area contributed by atoms with E-state index in [1.54, 1.807) is 0 Å². The fraction of sp³-hybridized carbons (Fsp3) is 0.235. The van der Waals surface area contributed by atoms with Crippen LogP contribution in [0.1, 0.15) is 35.9 Å². The Morgan fingerprint density at radius 2 is 1.67 bits per heavy atom. The summed E-state index contributed by atoms with van der Waals surface area (Å²) in [5.41, 5.74) is 1.81. The highest BCUT2D eigenvalue weighted by atomic mass is 35.5. The molecule has 0 heterocycles. The number of nitrogens with one attached hydrogen (secondary N) is 1. The van der Waals surface area contributed by atoms with Gasteiger partial charge in [-0.3, -0.25) is 4.79 Å². The molecule has 4 heteroatoms. The Kier molecular flexibility index (Phi) is 5.66. The van der Waals surface area contributed by atoms with Gasteiger partial charge in [-0.2, -0.15) is 0 Å². The molecule has 0 aromatic heterocycles. The van der Waals surface area contributed by atoms with E-state index in [4.69, 9.17) is 23.2 Å². The lowest BCUT2D eigenvalue weighted by molar-refractivity contribution is -0.121. The van der Waals surface area contributed by atoms with Crippen LogP contribution in [0.25, 0.3) is 0 Å². The number of hydrogen-bond acceptors (Lipinski definition) is 1. The first-order valence-corrected chi connectivity index (χ1v) is 7.68. The number of benzene rings is 2. The molecule has 0 saturated carbocycles. The van der Waals surface area contributed by atoms with Crippen LogP contribution >= 0.6 is 23.2 Å². The highest BCUT2D eigenvalue weighted by molar-refractivity contribution is 6.31. The number of alkyl halides is 1. The lowest BCUT2D eigenvalue weighted by Crippen LogP contribution is -2.30. The molecule has 0 aliphatic rings. The molecule has 2 unspecified atom stereocenters. The highest BCUT2D eigenvalue weighted by Gasteiger charge is 2.20. The van der Waals surface area contributed by atoms with E-state index in [-0.39, 0.29) is 11.9 Å². The number of halogens is 2. The zero-order valence-corrected chi connectivity index (χ0v) is 13.2. The Bertz CT molecular complexity index is 583. The van der Waals surface area contributed by atoms with Crippen LogP contribution in [0.15, 0.2) is 54.6 Å². The Hall–Kier alpha value is -1.51. The number of carbonyl (C=O) groups is 1. The predicted octanol–water partition coefficient (Wildman–Crippen LogP) is 4.89. The predicted molar refractivity (Wildman–Crippen MR) is 87.7 cm³/mol. The number of amides is 1. The minimum absolute atomic E-state index is 0.0697. The zero-order chi connectivity index (χ0) is 15.2. The quantitative estimate of drug-likeness (QED) is 0.781. The first kappa shape index (κ1) is 15.9. The van der Waals surface area contributed by atoms with Crippen LogP contribution in [0.4, 0.5) is 0 Å². The lowest BCUT2D eigenvalue weighted by atomic mass is 10.0. The van der Waals surface area contributed by atoms with Crippen molar-refractivity contribution < 1.29 is 4.79 Å². The van der Waals surface area contributed by atoms with Gasteiger partial charge < -0.3 is 5.32 Å². The molecule has 110 valence electrons. The zero-order valence-electron chi connectivity index (χ0n) is 11.7. The topological polar surface area (TPSA) is 29.1 Å². The molecule has 2 nitrogen and oxygen atoms in total. The van der Waals surface area contributed by atoms with E-state index >= 15 is 0 Å². The van der Waals surface area contributed by atoms with Gasteiger partial charge in [0, 0.05) is 5.02 Å². The lowest BCUT2D eigenvalue weighted by Gasteiger charge is -2.19. The van der Waals surface area contributed by atoms with E-state index in [9.17, 15) is 4.79 Å². The van der Waals surface area contributed by atoms with E-state index in [0.29, 0.717) is 5.02 Å². The van der Waals surface area contributed by atoms with Gasteiger partial charge in [-0.15, -0.1) is 11.6 Å². The van der Waals surface area contributed by atoms with Crippen molar-refractivity contribution in [3.63, 3.8) is 0 Å². The summed E-state index contributed by atoms with van der Waals surface area (Å²) >= 11 is 12.1. The molecule has 21 heavy (non-hydrogen) atoms. The van der Waals surface area contributed by atoms with E-state index < -0.39 is 5.38 Å². The smallest absolute Gasteiger partial charge is 0.243 e. The van der Waals surface area contributed by atoms with Crippen molar-refractivity contribution in [2.75, 3.05) is 0 Å². The van der Waals surface area contributed by atoms with Crippen LogP contribution in [0.2, 0.25) is 5.02 Å². The van der Waals surface area contributed by atoms with Crippen molar-refractivity contribution in [3.8, 4) is 0 Å². The third kappa shape index (κ3) is 4.23. The van der Waals surface area contributed by atoms with Crippen molar-refractivity contribution in [1.82, 2.24) is 5.32 Å². The summed E-state index contributed by atoms with van der Waals surface area (Å²) in [5, 5.41) is 2.98. The van der Waals surface area contributed by atoms with Gasteiger partial charge in [-0.05, 0) is 29.7 Å². The molecule has 2 rings (SSSR count). The van der Waals surface area contributed by atoms with Crippen molar-refractivity contribution in [3.05, 3.63) is 70.7 Å². The first-order valence-electron chi connectivity index (χ1n) is 6.86. The van der Waals surface area contributed by atoms with Gasteiger partial charge in [0.15, 0.2) is 0 Å². The van der Waals surface area contributed by atoms with E-state index in [0.717, 1.165) is 17.5 Å². The molecule has 0 aliphatic carbocycles. The molecule has 2 aromatic rings. The third-order valence-corrected chi connectivity index (χ3v) is 4.02. The monoisotopic (exact) mass is 321 g/mol. The maximum absolute atomic E-state index is 12.3. The molecular formula is C17H17Cl2NO. The summed E-state index contributed by atoms with van der Waals surface area (Å²) in [6, 6.07) is 16.7. The second-order valence-electron chi connectivity index (χ2n) is 4.79. The van der Waals surface area contributed by atoms with Crippen molar-refractivity contribution in [2.45, 2.75) is 24.8 Å². The van der Waals surface area contributed by atoms with E-state index in [1.807, 2.05) is 61.5 Å². The summed E-state index contributed by atoms with van der Waals surface area (Å²) in [5.74, 6) is -0.190. The molecule has 2 aromatic carbocycles. The summed E-state index contributed by atoms with van der Waals surface area (Å²) in [7, 11) is 0. The Balaban J connectivity index is 2.08. The molecule has 1 amide bonds. The first-order chi connectivity index (χ1) is 10.1. The molecule has 0 fully saturated rings. The van der Waals surface area contributed by atoms with E-state index in [2.05, 4.69) is 5.32 Å². The van der Waals surface area contributed by atoms with Crippen LogP contribution in [0, 0.1) is 0 Å². The van der Waals surface area contributed by atoms with Gasteiger partial charge >= 0.3 is 0 Å². The minimum atomic E-state index is -0.687. The molecule has 0 spiro atoms. The molecule has 0 bridgehead atoms. The number of rotatable bonds is 5. The fourth-order valence-corrected chi connectivity index (χ4v) is 2.47. The fourth-order valence-electron chi connectivity index (χ4n) is 2.13. The second-order valence-corrected chi connectivity index (χ2v) is 5.67. The van der Waals surface area contributed by atoms with E-state index in [1.165, 1.54) is 0 Å². The van der Waals surface area contributed by atoms with Gasteiger partial charge in [0.25, 0.3) is 0 Å². The molecular weight excluding hydrogens is 305 g/mol. The molecule has 2 atom stereocenters. The van der Waals surface area contributed by atoms with Crippen molar-refractivity contribution in [2.24, 2.45) is 0 Å². The average Bonchev–Trinajstić information content (AvgIpc) is 2.53. The van der Waals surface area contributed by atoms with Crippen LogP contribution in [0.3, 0.4) is 0 Å². The van der Waals surface area contributed by atoms with Crippen LogP contribution in [0.5, 0.6) is 0 Å². The summed E-state index contributed by atoms with van der Waals surface area (Å²) in [6.45, 7) is 2.02. The van der Waals surface area contributed by atoms with Gasteiger partial charge in [-0.1, -0.05) is 61.0 Å². The van der Waals surface area contributed by atoms with Gasteiger partial charge in [0.1, 0.15) is 5.38 Å². The normalized spacial score (nSPS) is 13.5. The van der Waals surface area contributed by atoms with Gasteiger partial charge in [-0.25, -0.2) is 0 Å². The largest absolute Gasteiger partial charge is 0.348 e. The Morgan fingerprint density at radius 1 is 1.05 bits per heavy atom. The SMILES string of the molecule is CCC(NC(=O)C(Cl)c1ccccc1)c1ccc(Cl)cc1. The Morgan fingerprint density at radius 3 is 2.24 bits per heavy atom. The third-order valence-electron chi connectivity index (χ3n) is 3.32. The maximum Gasteiger partial charge on any atom is 0.243 e. The van der Waals surface area contributed by atoms with Gasteiger partial charge in [0.2, 0.25) is 5.91 Å². The van der Waals surface area contributed by atoms with Crippen LogP contribution in [-0.2, 0) is 4.79 Å². The standard InChI is InChI=1S/C17H17Cl2NO/c1-2-15(12-8-10-14(18)11-9-12)20-17(21)16(19)13-6-4-3-5-7-13/h3-11,15-16H,2H2,1H3,(H,20,21). The molecule has 0 radical (unpaired) electrons. The van der Waals surface area contributed by atoms with Crippen LogP contribution < -0.4 is 5.32 Å². The summed E-state index contributed by atoms with van der Waals surface area (Å²) < 4.78 is 0. The van der Waals surface area contributed by atoms with Gasteiger partial charge in [0.05, 0.1) is 6.04 Å². The second kappa shape index (κ2) is 7.48. The number of carbonyl (C=O) groups excluding carboxylic acids is 1. The molecule has 1 N–H and O–H groups in total. The highest BCUT2D eigenvalue weighted by Crippen LogP contribution is 2.24. The van der Waals surface area contributed by atoms with Crippen molar-refractivity contribution in [1.29, 1.82) is 0 Å². The maximum atomic E-state index is 12.3. The minimum Gasteiger partial charge on any atom is -0.348 e. The summed E-state index contributed by atoms with van der Waals surface area (Å²) in [6.07, 6.45) is 0.784. The molecule has 0 aliphatic heterocycles. The Labute approximate surface area is 135 Å². The molecule has 0 saturated heterocycles. The summed E-state index contributed by atoms with van der Waals surface area (Å²) in [4.78, 5) is 12.3. The average molecular weight is 322 g/mol.